The van der Waals surface area contributed by atoms with Crippen molar-refractivity contribution in [3.05, 3.63) is 23.8 Å². The molecule has 1 spiro atoms. The molecule has 3 heterocycles. The van der Waals surface area contributed by atoms with Gasteiger partial charge in [-0.25, -0.2) is 4.79 Å². The molecule has 0 saturated carbocycles. The number of alkyl halides is 2. The smallest absolute Gasteiger partial charge is 0.407 e. The average Bonchev–Trinajstić information content (AvgIpc) is 3.43. The Kier molecular flexibility index (Phi) is 5.91. The lowest BCUT2D eigenvalue weighted by atomic mass is 9.84. The highest BCUT2D eigenvalue weighted by molar-refractivity contribution is 6.02. The number of likely N-dealkylation sites (tertiary alicyclic amines) is 1. The Morgan fingerprint density at radius 1 is 1.34 bits per heavy atom. The molecule has 176 valence electrons. The Morgan fingerprint density at radius 3 is 2.75 bits per heavy atom. The molecule has 3 aliphatic heterocycles. The lowest BCUT2D eigenvalue weighted by Crippen LogP contribution is -2.48. The fraction of sp³-hybridized carbons (Fsp3) is 0.636. The van der Waals surface area contributed by atoms with Crippen LogP contribution in [0.5, 0.6) is 11.5 Å². The number of nitrogens with zero attached hydrogens (tertiary/aromatic N) is 2. The predicted octanol–water partition coefficient (Wildman–Crippen LogP) is 4.12. The Hall–Kier alpha value is -2.62. The molecule has 10 heteroatoms. The van der Waals surface area contributed by atoms with E-state index < -0.39 is 35.9 Å². The SMILES string of the molecule is CC(C)(C)C1[C@H](Oc2cc(C3=NOC4(CCOC4)C3)ccc2OC(F)F)CCN1C(=O)O. The van der Waals surface area contributed by atoms with Crippen LogP contribution in [0.1, 0.15) is 45.6 Å². The van der Waals surface area contributed by atoms with Crippen LogP contribution in [0.3, 0.4) is 0 Å². The molecule has 0 radical (unpaired) electrons. The lowest BCUT2D eigenvalue weighted by molar-refractivity contribution is -0.0526. The maximum Gasteiger partial charge on any atom is 0.407 e. The number of carboxylic acid groups (broad SMARTS) is 1. The van der Waals surface area contributed by atoms with Gasteiger partial charge in [0.15, 0.2) is 17.1 Å². The number of halogens is 2. The average molecular weight is 454 g/mol. The van der Waals surface area contributed by atoms with Crippen LogP contribution in [0.15, 0.2) is 23.4 Å². The number of hydrogen-bond acceptors (Lipinski definition) is 6. The molecule has 3 atom stereocenters. The first kappa shape index (κ1) is 22.6. The summed E-state index contributed by atoms with van der Waals surface area (Å²) in [5, 5.41) is 13.8. The largest absolute Gasteiger partial charge is 0.484 e. The Morgan fingerprint density at radius 2 is 2.12 bits per heavy atom. The molecule has 2 unspecified atom stereocenters. The van der Waals surface area contributed by atoms with Crippen LogP contribution in [0, 0.1) is 5.41 Å². The second-order valence-corrected chi connectivity index (χ2v) is 9.56. The normalized spacial score (nSPS) is 27.7. The summed E-state index contributed by atoms with van der Waals surface area (Å²) in [6.07, 6.45) is 0.170. The number of carbonyl (C=O) groups is 1. The van der Waals surface area contributed by atoms with E-state index in [-0.39, 0.29) is 11.5 Å². The summed E-state index contributed by atoms with van der Waals surface area (Å²) >= 11 is 0. The molecule has 0 aliphatic carbocycles. The van der Waals surface area contributed by atoms with Crippen molar-refractivity contribution in [1.82, 2.24) is 4.90 Å². The van der Waals surface area contributed by atoms with Gasteiger partial charge in [0.2, 0.25) is 0 Å². The Labute approximate surface area is 185 Å². The third kappa shape index (κ3) is 4.46. The molecule has 32 heavy (non-hydrogen) atoms. The summed E-state index contributed by atoms with van der Waals surface area (Å²) in [5.74, 6) is 0.0178. The molecule has 0 aromatic heterocycles. The Balaban J connectivity index is 1.61. The van der Waals surface area contributed by atoms with Crippen LogP contribution < -0.4 is 9.47 Å². The van der Waals surface area contributed by atoms with Gasteiger partial charge in [0.1, 0.15) is 6.10 Å². The van der Waals surface area contributed by atoms with E-state index in [4.69, 9.17) is 14.3 Å². The summed E-state index contributed by atoms with van der Waals surface area (Å²) in [6.45, 7) is 4.12. The van der Waals surface area contributed by atoms with Crippen molar-refractivity contribution in [3.8, 4) is 11.5 Å². The first-order valence-corrected chi connectivity index (χ1v) is 10.7. The second-order valence-electron chi connectivity index (χ2n) is 9.56. The molecule has 2 fully saturated rings. The van der Waals surface area contributed by atoms with E-state index in [2.05, 4.69) is 9.89 Å². The summed E-state index contributed by atoms with van der Waals surface area (Å²) in [6, 6.07) is 4.22. The van der Waals surface area contributed by atoms with Crippen LogP contribution in [0.2, 0.25) is 0 Å². The molecule has 3 aliphatic rings. The standard InChI is InChI=1S/C22H28F2N2O6/c1-21(2,3)18-16(6-8-26(18)20(27)28)30-17-10-13(4-5-15(17)31-19(23)24)14-11-22(32-25-14)7-9-29-12-22/h4-5,10,16,18-19H,6-9,11-12H2,1-3H3,(H,27,28)/t16-,18?,22?/m1/s1. The van der Waals surface area contributed by atoms with Crippen LogP contribution >= 0.6 is 0 Å². The van der Waals surface area contributed by atoms with E-state index in [0.29, 0.717) is 43.9 Å². The van der Waals surface area contributed by atoms with Crippen molar-refractivity contribution in [2.45, 2.75) is 64.4 Å². The number of oxime groups is 1. The van der Waals surface area contributed by atoms with Crippen molar-refractivity contribution in [2.75, 3.05) is 19.8 Å². The van der Waals surface area contributed by atoms with E-state index in [1.807, 2.05) is 20.8 Å². The zero-order valence-corrected chi connectivity index (χ0v) is 18.3. The van der Waals surface area contributed by atoms with Gasteiger partial charge in [0, 0.05) is 31.4 Å². The highest BCUT2D eigenvalue weighted by Crippen LogP contribution is 2.40. The van der Waals surface area contributed by atoms with Gasteiger partial charge in [-0.1, -0.05) is 25.9 Å². The number of ether oxygens (including phenoxy) is 3. The van der Waals surface area contributed by atoms with Gasteiger partial charge < -0.3 is 29.1 Å². The third-order valence-electron chi connectivity index (χ3n) is 6.15. The first-order valence-electron chi connectivity index (χ1n) is 10.7. The first-order chi connectivity index (χ1) is 15.1. The number of benzene rings is 1. The van der Waals surface area contributed by atoms with Crippen molar-refractivity contribution in [2.24, 2.45) is 10.6 Å². The van der Waals surface area contributed by atoms with Gasteiger partial charge in [-0.3, -0.25) is 0 Å². The predicted molar refractivity (Wildman–Crippen MR) is 110 cm³/mol. The molecule has 1 N–H and O–H groups in total. The maximum absolute atomic E-state index is 13.0. The third-order valence-corrected chi connectivity index (χ3v) is 6.15. The number of hydrogen-bond donors (Lipinski definition) is 1. The van der Waals surface area contributed by atoms with Gasteiger partial charge in [-0.05, 0) is 23.6 Å². The van der Waals surface area contributed by atoms with Crippen molar-refractivity contribution < 1.29 is 37.7 Å². The van der Waals surface area contributed by atoms with Gasteiger partial charge in [0.05, 0.1) is 25.0 Å². The van der Waals surface area contributed by atoms with Crippen LogP contribution in [-0.4, -0.2) is 65.9 Å². The van der Waals surface area contributed by atoms with Crippen LogP contribution in [-0.2, 0) is 9.57 Å². The zero-order chi connectivity index (χ0) is 23.1. The molecule has 4 rings (SSSR count). The van der Waals surface area contributed by atoms with Gasteiger partial charge in [-0.15, -0.1) is 0 Å². The van der Waals surface area contributed by atoms with Crippen molar-refractivity contribution in [3.63, 3.8) is 0 Å². The van der Waals surface area contributed by atoms with Crippen molar-refractivity contribution in [1.29, 1.82) is 0 Å². The fourth-order valence-electron chi connectivity index (χ4n) is 4.74. The highest BCUT2D eigenvalue weighted by atomic mass is 19.3. The minimum absolute atomic E-state index is 0.108. The summed E-state index contributed by atoms with van der Waals surface area (Å²) in [5.41, 5.74) is 0.457. The topological polar surface area (TPSA) is 89.8 Å². The van der Waals surface area contributed by atoms with Crippen LogP contribution in [0.25, 0.3) is 0 Å². The molecule has 8 nitrogen and oxygen atoms in total. The molecule has 1 aromatic rings. The van der Waals surface area contributed by atoms with Gasteiger partial charge in [0.25, 0.3) is 0 Å². The highest BCUT2D eigenvalue weighted by Gasteiger charge is 2.46. The van der Waals surface area contributed by atoms with E-state index in [1.165, 1.54) is 11.0 Å². The van der Waals surface area contributed by atoms with E-state index in [0.717, 1.165) is 6.42 Å². The molecule has 1 amide bonds. The van der Waals surface area contributed by atoms with E-state index in [9.17, 15) is 18.7 Å². The van der Waals surface area contributed by atoms with E-state index >= 15 is 0 Å². The summed E-state index contributed by atoms with van der Waals surface area (Å²) in [7, 11) is 0. The molecule has 2 saturated heterocycles. The Bertz CT molecular complexity index is 895. The van der Waals surface area contributed by atoms with Crippen molar-refractivity contribution >= 4 is 11.8 Å². The van der Waals surface area contributed by atoms with E-state index in [1.54, 1.807) is 12.1 Å². The molecular weight excluding hydrogens is 426 g/mol. The monoisotopic (exact) mass is 454 g/mol. The minimum atomic E-state index is -3.02. The van der Waals surface area contributed by atoms with Crippen LogP contribution in [0.4, 0.5) is 13.6 Å². The minimum Gasteiger partial charge on any atom is -0.484 e. The molecule has 1 aromatic carbocycles. The fourth-order valence-corrected chi connectivity index (χ4v) is 4.74. The summed E-state index contributed by atoms with van der Waals surface area (Å²) < 4.78 is 42.3. The maximum atomic E-state index is 13.0. The number of rotatable bonds is 5. The lowest BCUT2D eigenvalue weighted by Gasteiger charge is -2.36. The van der Waals surface area contributed by atoms with Gasteiger partial charge >= 0.3 is 12.7 Å². The molecular formula is C22H28F2N2O6. The zero-order valence-electron chi connectivity index (χ0n) is 18.3. The molecule has 0 bridgehead atoms. The quantitative estimate of drug-likeness (QED) is 0.720. The summed E-state index contributed by atoms with van der Waals surface area (Å²) in [4.78, 5) is 18.7. The van der Waals surface area contributed by atoms with Gasteiger partial charge in [-0.2, -0.15) is 8.78 Å². The second kappa shape index (κ2) is 8.38. The number of amides is 1.